The zero-order valence-electron chi connectivity index (χ0n) is 8.61. The number of aromatic amines is 1. The maximum atomic E-state index is 12.7. The second-order valence-electron chi connectivity index (χ2n) is 3.49. The number of H-pyrrole nitrogens is 1. The van der Waals surface area contributed by atoms with Crippen LogP contribution in [0.2, 0.25) is 0 Å². The average Bonchev–Trinajstić information content (AvgIpc) is 2.29. The fourth-order valence-corrected chi connectivity index (χ4v) is 1.86. The van der Waals surface area contributed by atoms with Crippen molar-refractivity contribution in [2.24, 2.45) is 0 Å². The SMILES string of the molecule is O=c1[nH]c(=O)n(Cc2ccc(F)cc2)cc1I. The number of hydrogen-bond acceptors (Lipinski definition) is 2. The molecule has 2 rings (SSSR count). The third kappa shape index (κ3) is 2.82. The molecule has 0 spiro atoms. The zero-order chi connectivity index (χ0) is 12.4. The smallest absolute Gasteiger partial charge is 0.295 e. The minimum atomic E-state index is -0.472. The highest BCUT2D eigenvalue weighted by Crippen LogP contribution is 2.04. The molecule has 1 heterocycles. The normalized spacial score (nSPS) is 10.5. The lowest BCUT2D eigenvalue weighted by Gasteiger charge is -2.05. The van der Waals surface area contributed by atoms with E-state index < -0.39 is 11.2 Å². The summed E-state index contributed by atoms with van der Waals surface area (Å²) in [4.78, 5) is 24.9. The second kappa shape index (κ2) is 4.82. The molecule has 0 atom stereocenters. The lowest BCUT2D eigenvalue weighted by atomic mass is 10.2. The van der Waals surface area contributed by atoms with Crippen LogP contribution in [0.15, 0.2) is 40.1 Å². The summed E-state index contributed by atoms with van der Waals surface area (Å²) in [5.41, 5.74) is -0.0814. The Bertz CT molecular complexity index is 646. The van der Waals surface area contributed by atoms with Crippen LogP contribution in [0.3, 0.4) is 0 Å². The van der Waals surface area contributed by atoms with Crippen LogP contribution >= 0.6 is 22.6 Å². The molecule has 0 saturated heterocycles. The van der Waals surface area contributed by atoms with Crippen molar-refractivity contribution in [2.75, 3.05) is 0 Å². The first-order valence-corrected chi connectivity index (χ1v) is 5.88. The van der Waals surface area contributed by atoms with E-state index in [1.807, 2.05) is 22.6 Å². The highest BCUT2D eigenvalue weighted by molar-refractivity contribution is 14.1. The summed E-state index contributed by atoms with van der Waals surface area (Å²) in [6.45, 7) is 0.298. The van der Waals surface area contributed by atoms with E-state index in [2.05, 4.69) is 4.98 Å². The van der Waals surface area contributed by atoms with Gasteiger partial charge >= 0.3 is 5.69 Å². The molecule has 1 N–H and O–H groups in total. The summed E-state index contributed by atoms with van der Waals surface area (Å²) in [6.07, 6.45) is 1.48. The molecule has 1 aromatic carbocycles. The molecule has 0 amide bonds. The van der Waals surface area contributed by atoms with Crippen LogP contribution in [0.1, 0.15) is 5.56 Å². The van der Waals surface area contributed by atoms with Crippen molar-refractivity contribution in [3.05, 3.63) is 66.3 Å². The predicted molar refractivity (Wildman–Crippen MR) is 69.5 cm³/mol. The number of nitrogens with zero attached hydrogens (tertiary/aromatic N) is 1. The minimum Gasteiger partial charge on any atom is -0.295 e. The maximum Gasteiger partial charge on any atom is 0.328 e. The topological polar surface area (TPSA) is 54.9 Å². The van der Waals surface area contributed by atoms with E-state index in [0.717, 1.165) is 5.56 Å². The Morgan fingerprint density at radius 3 is 2.53 bits per heavy atom. The van der Waals surface area contributed by atoms with E-state index in [-0.39, 0.29) is 5.82 Å². The minimum absolute atomic E-state index is 0.298. The van der Waals surface area contributed by atoms with E-state index in [1.54, 1.807) is 12.1 Å². The molecule has 0 radical (unpaired) electrons. The predicted octanol–water partition coefficient (Wildman–Crippen LogP) is 1.33. The molecule has 0 saturated carbocycles. The molecule has 17 heavy (non-hydrogen) atoms. The monoisotopic (exact) mass is 346 g/mol. The van der Waals surface area contributed by atoms with Crippen molar-refractivity contribution in [3.8, 4) is 0 Å². The van der Waals surface area contributed by atoms with E-state index in [4.69, 9.17) is 0 Å². The first-order chi connectivity index (χ1) is 8.06. The Kier molecular flexibility index (Phi) is 3.41. The van der Waals surface area contributed by atoms with Crippen LogP contribution in [-0.4, -0.2) is 9.55 Å². The van der Waals surface area contributed by atoms with Crippen molar-refractivity contribution in [1.29, 1.82) is 0 Å². The summed E-state index contributed by atoms with van der Waals surface area (Å²) in [7, 11) is 0. The molecule has 0 aliphatic heterocycles. The molecule has 1 aromatic heterocycles. The van der Waals surface area contributed by atoms with Gasteiger partial charge in [-0.05, 0) is 40.3 Å². The van der Waals surface area contributed by atoms with Crippen LogP contribution < -0.4 is 11.2 Å². The molecule has 6 heteroatoms. The largest absolute Gasteiger partial charge is 0.328 e. The van der Waals surface area contributed by atoms with Crippen molar-refractivity contribution < 1.29 is 4.39 Å². The van der Waals surface area contributed by atoms with Gasteiger partial charge in [-0.3, -0.25) is 14.3 Å². The quantitative estimate of drug-likeness (QED) is 0.835. The lowest BCUT2D eigenvalue weighted by molar-refractivity contribution is 0.625. The van der Waals surface area contributed by atoms with Crippen molar-refractivity contribution >= 4 is 22.6 Å². The third-order valence-corrected chi connectivity index (χ3v) is 3.00. The zero-order valence-corrected chi connectivity index (χ0v) is 10.8. The van der Waals surface area contributed by atoms with Gasteiger partial charge in [-0.25, -0.2) is 9.18 Å². The third-order valence-electron chi connectivity index (χ3n) is 2.23. The van der Waals surface area contributed by atoms with Gasteiger partial charge in [-0.2, -0.15) is 0 Å². The first kappa shape index (κ1) is 12.0. The van der Waals surface area contributed by atoms with Gasteiger partial charge in [-0.15, -0.1) is 0 Å². The molecular formula is C11H8FIN2O2. The van der Waals surface area contributed by atoms with Gasteiger partial charge in [-0.1, -0.05) is 12.1 Å². The fraction of sp³-hybridized carbons (Fsp3) is 0.0909. The van der Waals surface area contributed by atoms with Gasteiger partial charge in [0.25, 0.3) is 5.56 Å². The average molecular weight is 346 g/mol. The summed E-state index contributed by atoms with van der Waals surface area (Å²) >= 11 is 1.85. The molecule has 4 nitrogen and oxygen atoms in total. The number of rotatable bonds is 2. The van der Waals surface area contributed by atoms with E-state index in [1.165, 1.54) is 22.9 Å². The number of hydrogen-bond donors (Lipinski definition) is 1. The highest BCUT2D eigenvalue weighted by Gasteiger charge is 2.02. The van der Waals surface area contributed by atoms with Crippen molar-refractivity contribution in [2.45, 2.75) is 6.54 Å². The molecule has 0 aliphatic rings. The highest BCUT2D eigenvalue weighted by atomic mass is 127. The van der Waals surface area contributed by atoms with E-state index in [9.17, 15) is 14.0 Å². The van der Waals surface area contributed by atoms with Crippen molar-refractivity contribution in [3.63, 3.8) is 0 Å². The van der Waals surface area contributed by atoms with E-state index >= 15 is 0 Å². The Hall–Kier alpha value is -1.44. The number of nitrogens with one attached hydrogen (secondary N) is 1. The van der Waals surface area contributed by atoms with Gasteiger partial charge < -0.3 is 0 Å². The van der Waals surface area contributed by atoms with Crippen molar-refractivity contribution in [1.82, 2.24) is 9.55 Å². The first-order valence-electron chi connectivity index (χ1n) is 4.80. The van der Waals surface area contributed by atoms with Crippen LogP contribution in [0, 0.1) is 9.39 Å². The van der Waals surface area contributed by atoms with Crippen LogP contribution in [0.5, 0.6) is 0 Å². The fourth-order valence-electron chi connectivity index (χ4n) is 1.39. The molecular weight excluding hydrogens is 338 g/mol. The summed E-state index contributed by atoms with van der Waals surface area (Å²) in [5.74, 6) is -0.322. The summed E-state index contributed by atoms with van der Waals surface area (Å²) < 4.78 is 14.5. The van der Waals surface area contributed by atoms with Gasteiger partial charge in [0.05, 0.1) is 10.1 Å². The number of halogens is 2. The Balaban J connectivity index is 2.36. The molecule has 0 aliphatic carbocycles. The number of benzene rings is 1. The second-order valence-corrected chi connectivity index (χ2v) is 4.65. The van der Waals surface area contributed by atoms with Gasteiger partial charge in [0.15, 0.2) is 0 Å². The van der Waals surface area contributed by atoms with Crippen LogP contribution in [-0.2, 0) is 6.54 Å². The van der Waals surface area contributed by atoms with Crippen LogP contribution in [0.4, 0.5) is 4.39 Å². The maximum absolute atomic E-state index is 12.7. The molecule has 0 fully saturated rings. The lowest BCUT2D eigenvalue weighted by Crippen LogP contribution is -2.31. The van der Waals surface area contributed by atoms with Crippen LogP contribution in [0.25, 0.3) is 0 Å². The summed E-state index contributed by atoms with van der Waals surface area (Å²) in [6, 6.07) is 5.85. The van der Waals surface area contributed by atoms with Gasteiger partial charge in [0.2, 0.25) is 0 Å². The molecule has 0 unspecified atom stereocenters. The Labute approximate surface area is 109 Å². The Morgan fingerprint density at radius 1 is 1.24 bits per heavy atom. The number of aromatic nitrogens is 2. The van der Waals surface area contributed by atoms with E-state index in [0.29, 0.717) is 10.1 Å². The molecule has 2 aromatic rings. The summed E-state index contributed by atoms with van der Waals surface area (Å²) in [5, 5.41) is 0. The standard InChI is InChI=1S/C11H8FIN2O2/c12-8-3-1-7(2-4-8)5-15-6-9(13)10(16)14-11(15)17/h1-4,6H,5H2,(H,14,16,17). The van der Waals surface area contributed by atoms with Gasteiger partial charge in [0.1, 0.15) is 5.82 Å². The van der Waals surface area contributed by atoms with Gasteiger partial charge in [0, 0.05) is 6.20 Å². The molecule has 0 bridgehead atoms. The molecule has 88 valence electrons. The Morgan fingerprint density at radius 2 is 1.88 bits per heavy atom.